The summed E-state index contributed by atoms with van der Waals surface area (Å²) in [6, 6.07) is 16.6. The fourth-order valence-electron chi connectivity index (χ4n) is 3.82. The van der Waals surface area contributed by atoms with Crippen molar-refractivity contribution in [1.29, 1.82) is 0 Å². The fraction of sp³-hybridized carbons (Fsp3) is 0.136. The van der Waals surface area contributed by atoms with E-state index in [0.717, 1.165) is 17.0 Å². The average Bonchev–Trinajstić information content (AvgIpc) is 3.43. The van der Waals surface area contributed by atoms with Crippen LogP contribution < -0.4 is 9.91 Å². The molecule has 2 aromatic carbocycles. The summed E-state index contributed by atoms with van der Waals surface area (Å²) >= 11 is 8.04. The Morgan fingerprint density at radius 3 is 2.60 bits per heavy atom. The van der Waals surface area contributed by atoms with Crippen molar-refractivity contribution in [3.05, 3.63) is 77.8 Å². The number of benzene rings is 2. The van der Waals surface area contributed by atoms with E-state index in [4.69, 9.17) is 16.7 Å². The van der Waals surface area contributed by atoms with Crippen LogP contribution in [0.2, 0.25) is 0 Å². The van der Waals surface area contributed by atoms with Crippen molar-refractivity contribution in [2.24, 2.45) is 5.10 Å². The summed E-state index contributed by atoms with van der Waals surface area (Å²) < 4.78 is 0. The van der Waals surface area contributed by atoms with Gasteiger partial charge in [0, 0.05) is 18.0 Å². The number of carbonyl (C=O) groups is 1. The van der Waals surface area contributed by atoms with Gasteiger partial charge in [0.1, 0.15) is 5.75 Å². The van der Waals surface area contributed by atoms with Gasteiger partial charge in [-0.25, -0.2) is 9.99 Å². The van der Waals surface area contributed by atoms with Gasteiger partial charge in [-0.05, 0) is 35.9 Å². The molecule has 2 aliphatic rings. The van der Waals surface area contributed by atoms with E-state index < -0.39 is 11.0 Å². The van der Waals surface area contributed by atoms with Gasteiger partial charge < -0.3 is 5.11 Å². The van der Waals surface area contributed by atoms with Crippen LogP contribution in [0.3, 0.4) is 0 Å². The first-order chi connectivity index (χ1) is 14.6. The van der Waals surface area contributed by atoms with E-state index in [0.29, 0.717) is 11.6 Å². The van der Waals surface area contributed by atoms with Gasteiger partial charge in [-0.3, -0.25) is 9.69 Å². The van der Waals surface area contributed by atoms with E-state index in [-0.39, 0.29) is 11.7 Å². The van der Waals surface area contributed by atoms with Crippen LogP contribution in [0.5, 0.6) is 5.75 Å². The number of amides is 1. The molecular formula is C22H17ClN4O2S. The Balaban J connectivity index is 1.54. The summed E-state index contributed by atoms with van der Waals surface area (Å²) in [6.45, 7) is 0. The van der Waals surface area contributed by atoms with Crippen molar-refractivity contribution >= 4 is 51.5 Å². The second-order valence-corrected chi connectivity index (χ2v) is 8.38. The number of nitrogens with zero attached hydrogens (tertiary/aromatic N) is 4. The second-order valence-electron chi connectivity index (χ2n) is 7.07. The molecule has 3 aromatic rings. The highest BCUT2D eigenvalue weighted by Gasteiger charge is 2.67. The predicted octanol–water partition coefficient (Wildman–Crippen LogP) is 4.48. The van der Waals surface area contributed by atoms with Gasteiger partial charge in [0.15, 0.2) is 16.2 Å². The van der Waals surface area contributed by atoms with Crippen LogP contribution in [0.4, 0.5) is 10.8 Å². The number of para-hydroxylation sites is 1. The normalized spacial score (nSPS) is 23.3. The molecule has 1 saturated heterocycles. The molecule has 1 fully saturated rings. The van der Waals surface area contributed by atoms with Crippen molar-refractivity contribution in [3.8, 4) is 5.75 Å². The van der Waals surface area contributed by atoms with Crippen LogP contribution in [0.15, 0.2) is 77.4 Å². The van der Waals surface area contributed by atoms with Crippen LogP contribution in [-0.2, 0) is 4.79 Å². The SMILES string of the molecule is O=C1C(Cl)C2(CC(/C=C/c3ccc(O)cc3)=NN2c2ccccc2)N1c1nccs1. The highest BCUT2D eigenvalue weighted by molar-refractivity contribution is 7.14. The molecule has 0 saturated carbocycles. The molecule has 1 N–H and O–H groups in total. The highest BCUT2D eigenvalue weighted by Crippen LogP contribution is 2.50. The molecule has 6 nitrogen and oxygen atoms in total. The maximum Gasteiger partial charge on any atom is 0.253 e. The van der Waals surface area contributed by atoms with Crippen molar-refractivity contribution in [1.82, 2.24) is 4.98 Å². The lowest BCUT2D eigenvalue weighted by Crippen LogP contribution is -2.78. The van der Waals surface area contributed by atoms with Gasteiger partial charge in [-0.2, -0.15) is 5.10 Å². The lowest BCUT2D eigenvalue weighted by molar-refractivity contribution is -0.126. The predicted molar refractivity (Wildman–Crippen MR) is 120 cm³/mol. The molecule has 1 aromatic heterocycles. The van der Waals surface area contributed by atoms with Gasteiger partial charge in [-0.15, -0.1) is 22.9 Å². The Bertz CT molecular complexity index is 1130. The van der Waals surface area contributed by atoms with Crippen LogP contribution >= 0.6 is 22.9 Å². The Morgan fingerprint density at radius 2 is 1.90 bits per heavy atom. The summed E-state index contributed by atoms with van der Waals surface area (Å²) in [5, 5.41) is 17.8. The number of thiazole rings is 1. The summed E-state index contributed by atoms with van der Waals surface area (Å²) in [5.41, 5.74) is 1.75. The topological polar surface area (TPSA) is 69.0 Å². The van der Waals surface area contributed by atoms with Gasteiger partial charge in [0.05, 0.1) is 11.4 Å². The van der Waals surface area contributed by atoms with Crippen molar-refractivity contribution in [3.63, 3.8) is 0 Å². The van der Waals surface area contributed by atoms with Crippen molar-refractivity contribution in [2.45, 2.75) is 17.5 Å². The van der Waals surface area contributed by atoms with Crippen molar-refractivity contribution in [2.75, 3.05) is 9.91 Å². The summed E-state index contributed by atoms with van der Waals surface area (Å²) in [6.07, 6.45) is 5.99. The van der Waals surface area contributed by atoms with Crippen LogP contribution in [-0.4, -0.2) is 32.7 Å². The summed E-state index contributed by atoms with van der Waals surface area (Å²) in [7, 11) is 0. The smallest absolute Gasteiger partial charge is 0.253 e. The number of hydrogen-bond donors (Lipinski definition) is 1. The number of carbonyl (C=O) groups excluding carboxylic acids is 1. The van der Waals surface area contributed by atoms with Gasteiger partial charge >= 0.3 is 0 Å². The standard InChI is InChI=1S/C22H17ClN4O2S/c23-19-20(29)26(21-24-12-13-30-21)22(19)14-16(9-6-15-7-10-18(28)11-8-15)25-27(22)17-4-2-1-3-5-17/h1-13,19,28H,14H2/b9-6+. The summed E-state index contributed by atoms with van der Waals surface area (Å²) in [4.78, 5) is 18.8. The third kappa shape index (κ3) is 2.89. The number of allylic oxidation sites excluding steroid dienone is 1. The minimum Gasteiger partial charge on any atom is -0.508 e. The number of rotatable bonds is 4. The molecule has 150 valence electrons. The van der Waals surface area contributed by atoms with E-state index in [1.807, 2.05) is 65.0 Å². The first kappa shape index (κ1) is 18.8. The molecule has 0 aliphatic carbocycles. The fourth-order valence-corrected chi connectivity index (χ4v) is 4.90. The summed E-state index contributed by atoms with van der Waals surface area (Å²) in [5.74, 6) is 0.0446. The molecule has 0 radical (unpaired) electrons. The van der Waals surface area contributed by atoms with Crippen molar-refractivity contribution < 1.29 is 9.90 Å². The van der Waals surface area contributed by atoms with E-state index >= 15 is 0 Å². The number of alkyl halides is 1. The molecule has 1 spiro atoms. The second kappa shape index (κ2) is 7.27. The molecule has 2 aliphatic heterocycles. The van der Waals surface area contributed by atoms with E-state index in [2.05, 4.69) is 4.98 Å². The third-order valence-electron chi connectivity index (χ3n) is 5.24. The molecule has 2 atom stereocenters. The number of aromatic nitrogens is 1. The average molecular weight is 437 g/mol. The number of β-lactam (4-membered cyclic amide) rings is 1. The third-order valence-corrected chi connectivity index (χ3v) is 6.53. The lowest BCUT2D eigenvalue weighted by Gasteiger charge is -2.55. The molecule has 2 unspecified atom stereocenters. The Morgan fingerprint density at radius 1 is 1.13 bits per heavy atom. The maximum absolute atomic E-state index is 12.8. The molecule has 30 heavy (non-hydrogen) atoms. The molecule has 1 amide bonds. The minimum absolute atomic E-state index is 0.175. The Kier molecular flexibility index (Phi) is 4.56. The minimum atomic E-state index is -0.841. The Labute approximate surface area is 182 Å². The first-order valence-corrected chi connectivity index (χ1v) is 10.7. The lowest BCUT2D eigenvalue weighted by atomic mass is 9.87. The van der Waals surface area contributed by atoms with E-state index in [1.54, 1.807) is 23.2 Å². The van der Waals surface area contributed by atoms with Gasteiger partial charge in [0.2, 0.25) is 0 Å². The zero-order valence-electron chi connectivity index (χ0n) is 15.7. The Hall–Kier alpha value is -3.16. The highest BCUT2D eigenvalue weighted by atomic mass is 35.5. The number of anilines is 2. The zero-order valence-corrected chi connectivity index (χ0v) is 17.3. The molecule has 0 bridgehead atoms. The number of phenolic OH excluding ortho intramolecular Hbond substituents is 1. The number of hydrazone groups is 1. The first-order valence-electron chi connectivity index (χ1n) is 9.37. The quantitative estimate of drug-likeness (QED) is 0.483. The number of phenols is 1. The van der Waals surface area contributed by atoms with Gasteiger partial charge in [-0.1, -0.05) is 36.4 Å². The number of aromatic hydroxyl groups is 1. The van der Waals surface area contributed by atoms with Crippen LogP contribution in [0.25, 0.3) is 6.08 Å². The zero-order chi connectivity index (χ0) is 20.7. The molecule has 5 rings (SSSR count). The molecule has 8 heteroatoms. The van der Waals surface area contributed by atoms with Crippen LogP contribution in [0, 0.1) is 0 Å². The van der Waals surface area contributed by atoms with Crippen LogP contribution in [0.1, 0.15) is 12.0 Å². The largest absolute Gasteiger partial charge is 0.508 e. The van der Waals surface area contributed by atoms with Gasteiger partial charge in [0.25, 0.3) is 5.91 Å². The number of hydrogen-bond acceptors (Lipinski definition) is 6. The molecular weight excluding hydrogens is 420 g/mol. The number of halogens is 1. The monoisotopic (exact) mass is 436 g/mol. The van der Waals surface area contributed by atoms with E-state index in [1.165, 1.54) is 11.3 Å². The van der Waals surface area contributed by atoms with E-state index in [9.17, 15) is 9.90 Å². The molecule has 3 heterocycles. The maximum atomic E-state index is 12.8.